The second-order valence-corrected chi connectivity index (χ2v) is 5.02. The molecule has 2 unspecified atom stereocenters. The molecule has 0 saturated carbocycles. The lowest BCUT2D eigenvalue weighted by Crippen LogP contribution is -2.56. The summed E-state index contributed by atoms with van der Waals surface area (Å²) >= 11 is 0. The van der Waals surface area contributed by atoms with E-state index >= 15 is 0 Å². The van der Waals surface area contributed by atoms with E-state index in [2.05, 4.69) is 0 Å². The summed E-state index contributed by atoms with van der Waals surface area (Å²) in [4.78, 5) is 1.91. The van der Waals surface area contributed by atoms with Crippen LogP contribution in [0.25, 0.3) is 0 Å². The first kappa shape index (κ1) is 14.4. The predicted octanol–water partition coefficient (Wildman–Crippen LogP) is -0.492. The van der Waals surface area contributed by atoms with Gasteiger partial charge in [0.2, 0.25) is 0 Å². The summed E-state index contributed by atoms with van der Waals surface area (Å²) in [5.41, 5.74) is 1.03. The van der Waals surface area contributed by atoms with E-state index in [1.807, 2.05) is 35.2 Å². The van der Waals surface area contributed by atoms with Crippen LogP contribution in [0.3, 0.4) is 0 Å². The number of benzene rings is 1. The number of aliphatic hydroxyl groups is 4. The highest BCUT2D eigenvalue weighted by Crippen LogP contribution is 2.27. The van der Waals surface area contributed by atoms with Crippen molar-refractivity contribution in [3.05, 3.63) is 35.9 Å². The Kier molecular flexibility index (Phi) is 4.90. The number of rotatable bonds is 4. The molecule has 4 N–H and O–H groups in total. The molecule has 1 aliphatic rings. The Bertz CT molecular complexity index is 374. The van der Waals surface area contributed by atoms with Crippen molar-refractivity contribution in [2.24, 2.45) is 0 Å². The van der Waals surface area contributed by atoms with Crippen LogP contribution >= 0.6 is 0 Å². The minimum absolute atomic E-state index is 0.0325. The fraction of sp³-hybridized carbons (Fsp3) is 0.571. The standard InChI is InChI=1S/C14H21NO4/c16-7-6-11(10-4-2-1-3-5-10)15-8-12(17)14(19)13(18)9-15/h1-5,11-14,16-19H,6-9H2/t11?,12-,13+,14?. The fourth-order valence-electron chi connectivity index (χ4n) is 2.64. The molecule has 0 radical (unpaired) electrons. The molecule has 106 valence electrons. The van der Waals surface area contributed by atoms with E-state index in [0.29, 0.717) is 6.42 Å². The Morgan fingerprint density at radius 2 is 1.63 bits per heavy atom. The van der Waals surface area contributed by atoms with Crippen LogP contribution in [0.15, 0.2) is 30.3 Å². The van der Waals surface area contributed by atoms with Crippen molar-refractivity contribution in [2.75, 3.05) is 19.7 Å². The first-order valence-corrected chi connectivity index (χ1v) is 6.57. The molecule has 0 aromatic heterocycles. The predicted molar refractivity (Wildman–Crippen MR) is 70.5 cm³/mol. The number of nitrogens with zero attached hydrogens (tertiary/aromatic N) is 1. The van der Waals surface area contributed by atoms with Gasteiger partial charge in [0.15, 0.2) is 0 Å². The molecular formula is C14H21NO4. The number of β-amino-alcohol motifs (C(OH)–C–C–N with tert-alkyl or cyclic N) is 2. The third-order valence-electron chi connectivity index (χ3n) is 3.66. The number of piperidine rings is 1. The molecule has 0 amide bonds. The molecule has 1 heterocycles. The van der Waals surface area contributed by atoms with Crippen molar-refractivity contribution in [1.82, 2.24) is 4.90 Å². The van der Waals surface area contributed by atoms with Crippen molar-refractivity contribution in [2.45, 2.75) is 30.8 Å². The molecule has 0 aliphatic carbocycles. The molecule has 1 aliphatic heterocycles. The van der Waals surface area contributed by atoms with Gasteiger partial charge in [0.05, 0.1) is 12.2 Å². The van der Waals surface area contributed by atoms with E-state index in [-0.39, 0.29) is 25.7 Å². The monoisotopic (exact) mass is 267 g/mol. The van der Waals surface area contributed by atoms with Crippen molar-refractivity contribution in [1.29, 1.82) is 0 Å². The Morgan fingerprint density at radius 3 is 2.16 bits per heavy atom. The second-order valence-electron chi connectivity index (χ2n) is 5.02. The molecular weight excluding hydrogens is 246 g/mol. The smallest absolute Gasteiger partial charge is 0.108 e. The van der Waals surface area contributed by atoms with E-state index in [1.54, 1.807) is 0 Å². The van der Waals surface area contributed by atoms with E-state index < -0.39 is 18.3 Å². The molecule has 1 fully saturated rings. The summed E-state index contributed by atoms with van der Waals surface area (Å²) in [6.07, 6.45) is -2.50. The van der Waals surface area contributed by atoms with E-state index in [0.717, 1.165) is 5.56 Å². The Balaban J connectivity index is 2.16. The summed E-state index contributed by atoms with van der Waals surface area (Å²) in [5.74, 6) is 0. The largest absolute Gasteiger partial charge is 0.396 e. The molecule has 4 atom stereocenters. The maximum Gasteiger partial charge on any atom is 0.108 e. The SMILES string of the molecule is OCCC(c1ccccc1)N1C[C@@H](O)C(O)[C@@H](O)C1. The lowest BCUT2D eigenvalue weighted by Gasteiger charge is -2.41. The van der Waals surface area contributed by atoms with Crippen LogP contribution in [0.5, 0.6) is 0 Å². The highest BCUT2D eigenvalue weighted by Gasteiger charge is 2.36. The lowest BCUT2D eigenvalue weighted by atomic mass is 9.96. The van der Waals surface area contributed by atoms with Gasteiger partial charge >= 0.3 is 0 Å². The zero-order valence-corrected chi connectivity index (χ0v) is 10.8. The van der Waals surface area contributed by atoms with Crippen LogP contribution in [0.4, 0.5) is 0 Å². The van der Waals surface area contributed by atoms with E-state index in [9.17, 15) is 20.4 Å². The molecule has 2 rings (SSSR count). The lowest BCUT2D eigenvalue weighted by molar-refractivity contribution is -0.119. The first-order chi connectivity index (χ1) is 9.13. The summed E-state index contributed by atoms with van der Waals surface area (Å²) in [5, 5.41) is 38.3. The van der Waals surface area contributed by atoms with E-state index in [1.165, 1.54) is 0 Å². The van der Waals surface area contributed by atoms with Crippen LogP contribution in [-0.4, -0.2) is 63.3 Å². The van der Waals surface area contributed by atoms with Gasteiger partial charge in [-0.15, -0.1) is 0 Å². The van der Waals surface area contributed by atoms with Crippen molar-refractivity contribution in [3.8, 4) is 0 Å². The summed E-state index contributed by atoms with van der Waals surface area (Å²) < 4.78 is 0. The second kappa shape index (κ2) is 6.45. The summed E-state index contributed by atoms with van der Waals surface area (Å²) in [6.45, 7) is 0.611. The highest BCUT2D eigenvalue weighted by atomic mass is 16.4. The van der Waals surface area contributed by atoms with Gasteiger partial charge in [0, 0.05) is 25.7 Å². The molecule has 1 aromatic carbocycles. The van der Waals surface area contributed by atoms with Crippen LogP contribution < -0.4 is 0 Å². The van der Waals surface area contributed by atoms with Crippen molar-refractivity contribution < 1.29 is 20.4 Å². The van der Waals surface area contributed by atoms with Crippen LogP contribution in [0.2, 0.25) is 0 Å². The first-order valence-electron chi connectivity index (χ1n) is 6.57. The average Bonchev–Trinajstić information content (AvgIpc) is 2.42. The average molecular weight is 267 g/mol. The normalized spacial score (nSPS) is 30.2. The number of likely N-dealkylation sites (tertiary alicyclic amines) is 1. The Morgan fingerprint density at radius 1 is 1.05 bits per heavy atom. The van der Waals surface area contributed by atoms with Crippen LogP contribution in [0.1, 0.15) is 18.0 Å². The Labute approximate surface area is 112 Å². The third kappa shape index (κ3) is 3.32. The third-order valence-corrected chi connectivity index (χ3v) is 3.66. The highest BCUT2D eigenvalue weighted by molar-refractivity contribution is 5.19. The van der Waals surface area contributed by atoms with Gasteiger partial charge in [-0.1, -0.05) is 30.3 Å². The van der Waals surface area contributed by atoms with Crippen LogP contribution in [0, 0.1) is 0 Å². The molecule has 0 bridgehead atoms. The molecule has 5 heteroatoms. The van der Waals surface area contributed by atoms with Gasteiger partial charge < -0.3 is 20.4 Å². The van der Waals surface area contributed by atoms with Gasteiger partial charge in [-0.3, -0.25) is 4.90 Å². The quantitative estimate of drug-likeness (QED) is 0.591. The summed E-state index contributed by atoms with van der Waals surface area (Å²) in [6, 6.07) is 9.62. The zero-order valence-electron chi connectivity index (χ0n) is 10.8. The van der Waals surface area contributed by atoms with Crippen molar-refractivity contribution in [3.63, 3.8) is 0 Å². The minimum Gasteiger partial charge on any atom is -0.396 e. The molecule has 0 spiro atoms. The van der Waals surface area contributed by atoms with Gasteiger partial charge in [-0.05, 0) is 12.0 Å². The van der Waals surface area contributed by atoms with Crippen molar-refractivity contribution >= 4 is 0 Å². The van der Waals surface area contributed by atoms with Crippen LogP contribution in [-0.2, 0) is 0 Å². The number of hydrogen-bond acceptors (Lipinski definition) is 5. The maximum absolute atomic E-state index is 9.77. The molecule has 5 nitrogen and oxygen atoms in total. The molecule has 1 saturated heterocycles. The Hall–Kier alpha value is -0.980. The van der Waals surface area contributed by atoms with Gasteiger partial charge in [-0.2, -0.15) is 0 Å². The van der Waals surface area contributed by atoms with Gasteiger partial charge in [0.25, 0.3) is 0 Å². The molecule has 1 aromatic rings. The van der Waals surface area contributed by atoms with E-state index in [4.69, 9.17) is 0 Å². The fourth-order valence-corrected chi connectivity index (χ4v) is 2.64. The molecule has 19 heavy (non-hydrogen) atoms. The van der Waals surface area contributed by atoms with Gasteiger partial charge in [-0.25, -0.2) is 0 Å². The zero-order chi connectivity index (χ0) is 13.8. The minimum atomic E-state index is -1.10. The number of hydrogen-bond donors (Lipinski definition) is 4. The topological polar surface area (TPSA) is 84.2 Å². The number of aliphatic hydroxyl groups excluding tert-OH is 4. The summed E-state index contributed by atoms with van der Waals surface area (Å²) in [7, 11) is 0. The van der Waals surface area contributed by atoms with Gasteiger partial charge in [0.1, 0.15) is 6.10 Å². The maximum atomic E-state index is 9.77.